The van der Waals surface area contributed by atoms with Crippen LogP contribution in [0.5, 0.6) is 0 Å². The quantitative estimate of drug-likeness (QED) is 0.433. The summed E-state index contributed by atoms with van der Waals surface area (Å²) in [5.41, 5.74) is 0. The maximum Gasteiger partial charge on any atom is 0.0696 e. The molecule has 1 nitrogen and oxygen atoms in total. The summed E-state index contributed by atoms with van der Waals surface area (Å²) in [6.45, 7) is 4.36. The standard InChI is InChI=1S/C9H15IO/c1-2-7-11-9-6-4-3-5-8(9)10/h2,8-9H,1,3-7H2. The van der Waals surface area contributed by atoms with E-state index in [-0.39, 0.29) is 0 Å². The maximum absolute atomic E-state index is 5.62. The van der Waals surface area contributed by atoms with E-state index in [2.05, 4.69) is 29.2 Å². The van der Waals surface area contributed by atoms with Crippen LogP contribution in [0.4, 0.5) is 0 Å². The Balaban J connectivity index is 2.23. The molecule has 0 heterocycles. The third kappa shape index (κ3) is 3.11. The van der Waals surface area contributed by atoms with Crippen molar-refractivity contribution < 1.29 is 4.74 Å². The fourth-order valence-electron chi connectivity index (χ4n) is 1.43. The summed E-state index contributed by atoms with van der Waals surface area (Å²) in [5.74, 6) is 0. The molecule has 0 amide bonds. The first kappa shape index (κ1) is 9.52. The van der Waals surface area contributed by atoms with Gasteiger partial charge in [-0.25, -0.2) is 0 Å². The second-order valence-corrected chi connectivity index (χ2v) is 4.56. The molecule has 1 aliphatic rings. The van der Waals surface area contributed by atoms with Crippen molar-refractivity contribution in [3.8, 4) is 0 Å². The van der Waals surface area contributed by atoms with Gasteiger partial charge in [0.15, 0.2) is 0 Å². The van der Waals surface area contributed by atoms with Gasteiger partial charge >= 0.3 is 0 Å². The summed E-state index contributed by atoms with van der Waals surface area (Å²) < 4.78 is 6.34. The van der Waals surface area contributed by atoms with Gasteiger partial charge in [-0.2, -0.15) is 0 Å². The molecule has 0 spiro atoms. The highest BCUT2D eigenvalue weighted by atomic mass is 127. The van der Waals surface area contributed by atoms with Crippen LogP contribution in [0.1, 0.15) is 25.7 Å². The molecule has 0 saturated heterocycles. The van der Waals surface area contributed by atoms with Crippen molar-refractivity contribution in [1.82, 2.24) is 0 Å². The first-order valence-corrected chi connectivity index (χ1v) is 5.45. The van der Waals surface area contributed by atoms with Crippen LogP contribution in [0.25, 0.3) is 0 Å². The zero-order valence-corrected chi connectivity index (χ0v) is 8.92. The monoisotopic (exact) mass is 266 g/mol. The van der Waals surface area contributed by atoms with Crippen LogP contribution in [0.15, 0.2) is 12.7 Å². The lowest BCUT2D eigenvalue weighted by molar-refractivity contribution is 0.0553. The van der Waals surface area contributed by atoms with E-state index >= 15 is 0 Å². The molecule has 0 bridgehead atoms. The number of alkyl halides is 1. The normalized spacial score (nSPS) is 31.7. The van der Waals surface area contributed by atoms with Gasteiger partial charge in [-0.05, 0) is 12.8 Å². The van der Waals surface area contributed by atoms with Crippen molar-refractivity contribution in [2.24, 2.45) is 0 Å². The third-order valence-electron chi connectivity index (χ3n) is 2.05. The molecule has 2 atom stereocenters. The van der Waals surface area contributed by atoms with Crippen molar-refractivity contribution in [1.29, 1.82) is 0 Å². The van der Waals surface area contributed by atoms with Crippen LogP contribution < -0.4 is 0 Å². The number of hydrogen-bond acceptors (Lipinski definition) is 1. The van der Waals surface area contributed by atoms with Gasteiger partial charge < -0.3 is 4.74 Å². The Labute approximate surface area is 82.3 Å². The van der Waals surface area contributed by atoms with E-state index in [0.717, 1.165) is 3.92 Å². The summed E-state index contributed by atoms with van der Waals surface area (Å²) in [6.07, 6.45) is 7.59. The molecule has 2 heteroatoms. The minimum Gasteiger partial charge on any atom is -0.373 e. The minimum atomic E-state index is 0.488. The van der Waals surface area contributed by atoms with E-state index in [1.165, 1.54) is 25.7 Å². The fourth-order valence-corrected chi connectivity index (χ4v) is 2.44. The number of halogens is 1. The fraction of sp³-hybridized carbons (Fsp3) is 0.778. The molecule has 64 valence electrons. The molecule has 1 rings (SSSR count). The van der Waals surface area contributed by atoms with Crippen molar-refractivity contribution in [3.63, 3.8) is 0 Å². The summed E-state index contributed by atoms with van der Waals surface area (Å²) in [6, 6.07) is 0. The Morgan fingerprint density at radius 3 is 2.82 bits per heavy atom. The van der Waals surface area contributed by atoms with Crippen molar-refractivity contribution >= 4 is 22.6 Å². The second kappa shape index (κ2) is 5.14. The Bertz CT molecular complexity index is 125. The predicted octanol–water partition coefficient (Wildman–Crippen LogP) is 2.94. The van der Waals surface area contributed by atoms with E-state index in [1.807, 2.05) is 6.08 Å². The third-order valence-corrected chi connectivity index (χ3v) is 3.48. The summed E-state index contributed by atoms with van der Waals surface area (Å²) >= 11 is 2.50. The predicted molar refractivity (Wildman–Crippen MR) is 56.2 cm³/mol. The van der Waals surface area contributed by atoms with Gasteiger partial charge in [0.25, 0.3) is 0 Å². The first-order valence-electron chi connectivity index (χ1n) is 4.21. The molecule has 11 heavy (non-hydrogen) atoms. The number of ether oxygens (including phenoxy) is 1. The topological polar surface area (TPSA) is 9.23 Å². The zero-order chi connectivity index (χ0) is 8.10. The molecule has 1 fully saturated rings. The highest BCUT2D eigenvalue weighted by molar-refractivity contribution is 14.1. The Kier molecular flexibility index (Phi) is 4.45. The van der Waals surface area contributed by atoms with Gasteiger partial charge in [-0.1, -0.05) is 41.5 Å². The van der Waals surface area contributed by atoms with Crippen molar-refractivity contribution in [2.45, 2.75) is 35.7 Å². The number of hydrogen-bond donors (Lipinski definition) is 0. The lowest BCUT2D eigenvalue weighted by Gasteiger charge is -2.26. The molecule has 0 aromatic rings. The van der Waals surface area contributed by atoms with Crippen LogP contribution >= 0.6 is 22.6 Å². The van der Waals surface area contributed by atoms with Crippen LogP contribution in [0, 0.1) is 0 Å². The van der Waals surface area contributed by atoms with Gasteiger partial charge in [-0.3, -0.25) is 0 Å². The van der Waals surface area contributed by atoms with Crippen LogP contribution in [0.3, 0.4) is 0 Å². The molecule has 0 aromatic carbocycles. The largest absolute Gasteiger partial charge is 0.373 e. The number of rotatable bonds is 3. The van der Waals surface area contributed by atoms with E-state index < -0.39 is 0 Å². The minimum absolute atomic E-state index is 0.488. The van der Waals surface area contributed by atoms with E-state index in [9.17, 15) is 0 Å². The van der Waals surface area contributed by atoms with E-state index in [1.54, 1.807) is 0 Å². The molecular formula is C9H15IO. The molecule has 1 saturated carbocycles. The SMILES string of the molecule is C=CCOC1CCCCC1I. The van der Waals surface area contributed by atoms with Gasteiger partial charge in [0, 0.05) is 3.92 Å². The van der Waals surface area contributed by atoms with Crippen LogP contribution in [-0.2, 0) is 4.74 Å². The molecular weight excluding hydrogens is 251 g/mol. The summed E-state index contributed by atoms with van der Waals surface area (Å²) in [7, 11) is 0. The van der Waals surface area contributed by atoms with Crippen molar-refractivity contribution in [2.75, 3.05) is 6.61 Å². The highest BCUT2D eigenvalue weighted by Gasteiger charge is 2.22. The molecule has 0 aromatic heterocycles. The lowest BCUT2D eigenvalue weighted by Crippen LogP contribution is -2.27. The average molecular weight is 266 g/mol. The molecule has 0 radical (unpaired) electrons. The summed E-state index contributed by atoms with van der Waals surface area (Å²) in [4.78, 5) is 0. The van der Waals surface area contributed by atoms with Crippen LogP contribution in [0.2, 0.25) is 0 Å². The van der Waals surface area contributed by atoms with Crippen LogP contribution in [-0.4, -0.2) is 16.6 Å². The maximum atomic E-state index is 5.62. The molecule has 2 unspecified atom stereocenters. The average Bonchev–Trinajstić information content (AvgIpc) is 2.03. The second-order valence-electron chi connectivity index (χ2n) is 2.96. The zero-order valence-electron chi connectivity index (χ0n) is 6.76. The van der Waals surface area contributed by atoms with Gasteiger partial charge in [0.1, 0.15) is 0 Å². The molecule has 0 N–H and O–H groups in total. The van der Waals surface area contributed by atoms with Crippen molar-refractivity contribution in [3.05, 3.63) is 12.7 Å². The van der Waals surface area contributed by atoms with Gasteiger partial charge in [-0.15, -0.1) is 6.58 Å². The Morgan fingerprint density at radius 1 is 1.45 bits per heavy atom. The van der Waals surface area contributed by atoms with E-state index in [0.29, 0.717) is 12.7 Å². The smallest absolute Gasteiger partial charge is 0.0696 e. The van der Waals surface area contributed by atoms with Gasteiger partial charge in [0.05, 0.1) is 12.7 Å². The summed E-state index contributed by atoms with van der Waals surface area (Å²) in [5, 5.41) is 0. The molecule has 0 aliphatic heterocycles. The van der Waals surface area contributed by atoms with Gasteiger partial charge in [0.2, 0.25) is 0 Å². The highest BCUT2D eigenvalue weighted by Crippen LogP contribution is 2.26. The van der Waals surface area contributed by atoms with E-state index in [4.69, 9.17) is 4.74 Å². The first-order chi connectivity index (χ1) is 5.34. The Hall–Kier alpha value is 0.430. The molecule has 1 aliphatic carbocycles. The Morgan fingerprint density at radius 2 is 2.18 bits per heavy atom. The lowest BCUT2D eigenvalue weighted by atomic mass is 9.98.